The second-order valence-electron chi connectivity index (χ2n) is 3.42. The Kier molecular flexibility index (Phi) is 3.70. The molecule has 1 fully saturated rings. The second-order valence-corrected chi connectivity index (χ2v) is 5.63. The molecule has 0 radical (unpaired) electrons. The highest BCUT2D eigenvalue weighted by Crippen LogP contribution is 2.10. The highest BCUT2D eigenvalue weighted by molar-refractivity contribution is 7.89. The van der Waals surface area contributed by atoms with Gasteiger partial charge in [-0.1, -0.05) is 0 Å². The average molecular weight is 206 g/mol. The van der Waals surface area contributed by atoms with E-state index in [2.05, 4.69) is 5.32 Å². The van der Waals surface area contributed by atoms with E-state index < -0.39 is 10.0 Å². The summed E-state index contributed by atoms with van der Waals surface area (Å²) in [6.07, 6.45) is 0.906. The van der Waals surface area contributed by atoms with Crippen molar-refractivity contribution < 1.29 is 8.42 Å². The molecule has 0 amide bonds. The second kappa shape index (κ2) is 4.39. The molecule has 5 heteroatoms. The zero-order valence-electron chi connectivity index (χ0n) is 8.28. The summed E-state index contributed by atoms with van der Waals surface area (Å²) >= 11 is 0. The third-order valence-corrected chi connectivity index (χ3v) is 4.37. The molecule has 0 aromatic rings. The van der Waals surface area contributed by atoms with Crippen LogP contribution in [0.5, 0.6) is 0 Å². The van der Waals surface area contributed by atoms with Gasteiger partial charge in [-0.05, 0) is 26.8 Å². The van der Waals surface area contributed by atoms with Crippen molar-refractivity contribution in [1.82, 2.24) is 9.62 Å². The molecular formula is C8H18N2O2S. The monoisotopic (exact) mass is 206 g/mol. The third-order valence-electron chi connectivity index (χ3n) is 2.39. The molecule has 1 unspecified atom stereocenters. The molecule has 1 rings (SSSR count). The minimum atomic E-state index is -3.00. The van der Waals surface area contributed by atoms with Crippen LogP contribution in [0.1, 0.15) is 20.3 Å². The fourth-order valence-electron chi connectivity index (χ4n) is 1.57. The van der Waals surface area contributed by atoms with E-state index in [0.717, 1.165) is 19.5 Å². The minimum absolute atomic E-state index is 0.0902. The summed E-state index contributed by atoms with van der Waals surface area (Å²) in [7, 11) is -3.00. The van der Waals surface area contributed by atoms with E-state index in [1.165, 1.54) is 0 Å². The van der Waals surface area contributed by atoms with Gasteiger partial charge in [-0.3, -0.25) is 0 Å². The Labute approximate surface area is 80.4 Å². The lowest BCUT2D eigenvalue weighted by Gasteiger charge is -2.25. The fraction of sp³-hybridized carbons (Fsp3) is 1.00. The van der Waals surface area contributed by atoms with Crippen molar-refractivity contribution in [2.24, 2.45) is 0 Å². The van der Waals surface area contributed by atoms with Crippen molar-refractivity contribution >= 4 is 10.0 Å². The van der Waals surface area contributed by atoms with Crippen LogP contribution in [0.3, 0.4) is 0 Å². The van der Waals surface area contributed by atoms with Crippen molar-refractivity contribution in [3.8, 4) is 0 Å². The van der Waals surface area contributed by atoms with E-state index in [-0.39, 0.29) is 11.8 Å². The number of sulfonamides is 1. The fourth-order valence-corrected chi connectivity index (χ4v) is 2.93. The molecule has 0 aliphatic carbocycles. The summed E-state index contributed by atoms with van der Waals surface area (Å²) in [5, 5.41) is 3.22. The van der Waals surface area contributed by atoms with Gasteiger partial charge < -0.3 is 5.32 Å². The van der Waals surface area contributed by atoms with Crippen molar-refractivity contribution in [3.63, 3.8) is 0 Å². The Balaban J connectivity index is 2.75. The van der Waals surface area contributed by atoms with Gasteiger partial charge in [0.05, 0.1) is 5.75 Å². The van der Waals surface area contributed by atoms with Gasteiger partial charge in [-0.25, -0.2) is 8.42 Å². The summed E-state index contributed by atoms with van der Waals surface area (Å²) in [6.45, 7) is 5.98. The SMILES string of the molecule is CCS(=O)(=O)N1CCCNCC1C. The predicted molar refractivity (Wildman–Crippen MR) is 53.1 cm³/mol. The van der Waals surface area contributed by atoms with E-state index in [4.69, 9.17) is 0 Å². The lowest BCUT2D eigenvalue weighted by molar-refractivity contribution is 0.354. The molecule has 0 aromatic heterocycles. The Bertz CT molecular complexity index is 251. The van der Waals surface area contributed by atoms with Crippen LogP contribution in [0, 0.1) is 0 Å². The molecule has 4 nitrogen and oxygen atoms in total. The molecule has 1 aliphatic heterocycles. The van der Waals surface area contributed by atoms with Gasteiger partial charge in [0.15, 0.2) is 0 Å². The molecule has 1 saturated heterocycles. The van der Waals surface area contributed by atoms with E-state index in [0.29, 0.717) is 6.54 Å². The number of rotatable bonds is 2. The lowest BCUT2D eigenvalue weighted by atomic mass is 10.3. The molecule has 1 aliphatic rings. The molecule has 0 saturated carbocycles. The molecule has 0 aromatic carbocycles. The third kappa shape index (κ3) is 2.65. The van der Waals surface area contributed by atoms with Crippen molar-refractivity contribution in [2.45, 2.75) is 26.3 Å². The molecule has 1 heterocycles. The highest BCUT2D eigenvalue weighted by Gasteiger charge is 2.26. The van der Waals surface area contributed by atoms with Crippen LogP contribution in [-0.4, -0.2) is 44.2 Å². The van der Waals surface area contributed by atoms with Gasteiger partial charge >= 0.3 is 0 Å². The Morgan fingerprint density at radius 1 is 1.54 bits per heavy atom. The van der Waals surface area contributed by atoms with Crippen LogP contribution in [0.4, 0.5) is 0 Å². The van der Waals surface area contributed by atoms with Crippen LogP contribution in [0.2, 0.25) is 0 Å². The van der Waals surface area contributed by atoms with Gasteiger partial charge in [0.1, 0.15) is 0 Å². The summed E-state index contributed by atoms with van der Waals surface area (Å²) in [5.41, 5.74) is 0. The van der Waals surface area contributed by atoms with Gasteiger partial charge in [0.25, 0.3) is 0 Å². The summed E-state index contributed by atoms with van der Waals surface area (Å²) in [6, 6.07) is 0.0902. The maximum Gasteiger partial charge on any atom is 0.214 e. The maximum atomic E-state index is 11.6. The average Bonchev–Trinajstić information content (AvgIpc) is 2.30. The molecule has 13 heavy (non-hydrogen) atoms. The number of hydrogen-bond donors (Lipinski definition) is 1. The summed E-state index contributed by atoms with van der Waals surface area (Å²) in [4.78, 5) is 0. The first-order valence-electron chi connectivity index (χ1n) is 4.78. The molecule has 0 spiro atoms. The lowest BCUT2D eigenvalue weighted by Crippen LogP contribution is -2.42. The van der Waals surface area contributed by atoms with Crippen molar-refractivity contribution in [3.05, 3.63) is 0 Å². The Hall–Kier alpha value is -0.130. The normalized spacial score (nSPS) is 27.1. The van der Waals surface area contributed by atoms with Gasteiger partial charge in [-0.2, -0.15) is 4.31 Å². The number of nitrogens with zero attached hydrogens (tertiary/aromatic N) is 1. The quantitative estimate of drug-likeness (QED) is 0.693. The van der Waals surface area contributed by atoms with E-state index in [1.54, 1.807) is 11.2 Å². The van der Waals surface area contributed by atoms with E-state index in [9.17, 15) is 8.42 Å². The van der Waals surface area contributed by atoms with Crippen LogP contribution < -0.4 is 5.32 Å². The number of nitrogens with one attached hydrogen (secondary N) is 1. The van der Waals surface area contributed by atoms with E-state index >= 15 is 0 Å². The Morgan fingerprint density at radius 2 is 2.23 bits per heavy atom. The van der Waals surface area contributed by atoms with Crippen LogP contribution in [-0.2, 0) is 10.0 Å². The maximum absolute atomic E-state index is 11.6. The van der Waals surface area contributed by atoms with Crippen molar-refractivity contribution in [2.75, 3.05) is 25.4 Å². The molecule has 0 bridgehead atoms. The first-order chi connectivity index (χ1) is 6.08. The van der Waals surface area contributed by atoms with Gasteiger partial charge in [-0.15, -0.1) is 0 Å². The van der Waals surface area contributed by atoms with Crippen LogP contribution in [0.15, 0.2) is 0 Å². The first-order valence-corrected chi connectivity index (χ1v) is 6.39. The number of hydrogen-bond acceptors (Lipinski definition) is 3. The standard InChI is InChI=1S/C8H18N2O2S/c1-3-13(11,12)10-6-4-5-9-7-8(10)2/h8-9H,3-7H2,1-2H3. The van der Waals surface area contributed by atoms with Crippen LogP contribution >= 0.6 is 0 Å². The molecule has 1 atom stereocenters. The predicted octanol–water partition coefficient (Wildman–Crippen LogP) is 0.0199. The largest absolute Gasteiger partial charge is 0.315 e. The van der Waals surface area contributed by atoms with Gasteiger partial charge in [0, 0.05) is 19.1 Å². The zero-order valence-corrected chi connectivity index (χ0v) is 9.10. The van der Waals surface area contributed by atoms with Crippen molar-refractivity contribution in [1.29, 1.82) is 0 Å². The summed E-state index contributed by atoms with van der Waals surface area (Å²) in [5.74, 6) is 0.206. The topological polar surface area (TPSA) is 49.4 Å². The molecule has 78 valence electrons. The zero-order chi connectivity index (χ0) is 9.90. The minimum Gasteiger partial charge on any atom is -0.315 e. The Morgan fingerprint density at radius 3 is 2.85 bits per heavy atom. The highest BCUT2D eigenvalue weighted by atomic mass is 32.2. The van der Waals surface area contributed by atoms with Gasteiger partial charge in [0.2, 0.25) is 10.0 Å². The molecule has 1 N–H and O–H groups in total. The molecular weight excluding hydrogens is 188 g/mol. The summed E-state index contributed by atoms with van der Waals surface area (Å²) < 4.78 is 24.8. The van der Waals surface area contributed by atoms with Crippen LogP contribution in [0.25, 0.3) is 0 Å². The smallest absolute Gasteiger partial charge is 0.214 e. The first kappa shape index (κ1) is 10.9. The van der Waals surface area contributed by atoms with E-state index in [1.807, 2.05) is 6.92 Å².